The number of hydrogen-bond donors (Lipinski definition) is 1. The van der Waals surface area contributed by atoms with Gasteiger partial charge in [-0.2, -0.15) is 0 Å². The highest BCUT2D eigenvalue weighted by Gasteiger charge is 2.38. The SMILES string of the molecule is CCCCN1C(=O)C(CC(=O)NC2CC2)CC(C(=O)N2CCOCC2)=C1C. The first-order valence-corrected chi connectivity index (χ1v) is 10.2. The van der Waals surface area contributed by atoms with Crippen LogP contribution in [0.1, 0.15) is 52.4 Å². The molecule has 0 aromatic heterocycles. The van der Waals surface area contributed by atoms with Crippen molar-refractivity contribution in [2.24, 2.45) is 5.92 Å². The van der Waals surface area contributed by atoms with Gasteiger partial charge in [-0.3, -0.25) is 14.4 Å². The number of rotatable bonds is 7. The van der Waals surface area contributed by atoms with E-state index in [9.17, 15) is 14.4 Å². The summed E-state index contributed by atoms with van der Waals surface area (Å²) in [4.78, 5) is 41.9. The average Bonchev–Trinajstić information content (AvgIpc) is 3.48. The first kappa shape index (κ1) is 19.9. The first-order valence-electron chi connectivity index (χ1n) is 10.2. The number of nitrogens with one attached hydrogen (secondary N) is 1. The first-order chi connectivity index (χ1) is 13.0. The van der Waals surface area contributed by atoms with Gasteiger partial charge in [0.25, 0.3) is 5.91 Å². The van der Waals surface area contributed by atoms with E-state index in [-0.39, 0.29) is 30.2 Å². The quantitative estimate of drug-likeness (QED) is 0.728. The number of morpholine rings is 1. The largest absolute Gasteiger partial charge is 0.378 e. The van der Waals surface area contributed by atoms with E-state index in [1.807, 2.05) is 6.92 Å². The van der Waals surface area contributed by atoms with Crippen LogP contribution in [0.4, 0.5) is 0 Å². The van der Waals surface area contributed by atoms with E-state index in [0.29, 0.717) is 44.8 Å². The predicted molar refractivity (Wildman–Crippen MR) is 101 cm³/mol. The fourth-order valence-corrected chi connectivity index (χ4v) is 3.72. The number of unbranched alkanes of at least 4 members (excludes halogenated alkanes) is 1. The van der Waals surface area contributed by atoms with Crippen molar-refractivity contribution in [3.63, 3.8) is 0 Å². The molecule has 3 rings (SSSR count). The van der Waals surface area contributed by atoms with E-state index in [1.165, 1.54) is 0 Å². The highest BCUT2D eigenvalue weighted by molar-refractivity contribution is 5.98. The van der Waals surface area contributed by atoms with Crippen molar-refractivity contribution >= 4 is 17.7 Å². The molecule has 27 heavy (non-hydrogen) atoms. The Hall–Kier alpha value is -1.89. The average molecular weight is 377 g/mol. The number of allylic oxidation sites excluding steroid dienone is 1. The lowest BCUT2D eigenvalue weighted by molar-refractivity contribution is -0.139. The van der Waals surface area contributed by atoms with Gasteiger partial charge in [-0.1, -0.05) is 13.3 Å². The highest BCUT2D eigenvalue weighted by Crippen LogP contribution is 2.31. The normalized spacial score (nSPS) is 23.6. The zero-order valence-corrected chi connectivity index (χ0v) is 16.5. The molecule has 1 atom stereocenters. The molecule has 0 spiro atoms. The minimum absolute atomic E-state index is 0.0163. The Morgan fingerprint density at radius 2 is 1.93 bits per heavy atom. The van der Waals surface area contributed by atoms with Crippen LogP contribution in [0.5, 0.6) is 0 Å². The van der Waals surface area contributed by atoms with E-state index in [4.69, 9.17) is 4.74 Å². The lowest BCUT2D eigenvalue weighted by atomic mass is 9.88. The molecule has 1 saturated heterocycles. The van der Waals surface area contributed by atoms with Crippen molar-refractivity contribution in [1.29, 1.82) is 0 Å². The van der Waals surface area contributed by atoms with E-state index >= 15 is 0 Å². The third-order valence-corrected chi connectivity index (χ3v) is 5.57. The minimum atomic E-state index is -0.454. The smallest absolute Gasteiger partial charge is 0.251 e. The van der Waals surface area contributed by atoms with Gasteiger partial charge in [0.05, 0.1) is 19.1 Å². The number of nitrogens with zero attached hydrogens (tertiary/aromatic N) is 2. The van der Waals surface area contributed by atoms with Crippen LogP contribution in [-0.2, 0) is 19.1 Å². The summed E-state index contributed by atoms with van der Waals surface area (Å²) in [5, 5.41) is 2.96. The third-order valence-electron chi connectivity index (χ3n) is 5.57. The van der Waals surface area contributed by atoms with Gasteiger partial charge in [-0.05, 0) is 32.6 Å². The molecule has 0 radical (unpaired) electrons. The molecule has 7 nitrogen and oxygen atoms in total. The van der Waals surface area contributed by atoms with Crippen molar-refractivity contribution in [3.8, 4) is 0 Å². The van der Waals surface area contributed by atoms with E-state index < -0.39 is 5.92 Å². The van der Waals surface area contributed by atoms with E-state index in [2.05, 4.69) is 12.2 Å². The van der Waals surface area contributed by atoms with Gasteiger partial charge in [0.1, 0.15) is 0 Å². The van der Waals surface area contributed by atoms with Crippen LogP contribution in [0.15, 0.2) is 11.3 Å². The van der Waals surface area contributed by atoms with Crippen LogP contribution in [-0.4, -0.2) is 66.4 Å². The Labute approximate surface area is 161 Å². The van der Waals surface area contributed by atoms with E-state index in [0.717, 1.165) is 31.4 Å². The summed E-state index contributed by atoms with van der Waals surface area (Å²) in [7, 11) is 0. The topological polar surface area (TPSA) is 79.0 Å². The van der Waals surface area contributed by atoms with Crippen LogP contribution in [0.3, 0.4) is 0 Å². The van der Waals surface area contributed by atoms with E-state index in [1.54, 1.807) is 9.80 Å². The van der Waals surface area contributed by atoms with Gasteiger partial charge >= 0.3 is 0 Å². The van der Waals surface area contributed by atoms with Gasteiger partial charge in [0, 0.05) is 43.4 Å². The lowest BCUT2D eigenvalue weighted by Crippen LogP contribution is -2.47. The number of carbonyl (C=O) groups is 3. The molecule has 3 amide bonds. The maximum Gasteiger partial charge on any atom is 0.251 e. The Bertz CT molecular complexity index is 621. The van der Waals surface area contributed by atoms with Crippen LogP contribution in [0.25, 0.3) is 0 Å². The Balaban J connectivity index is 1.77. The number of hydrogen-bond acceptors (Lipinski definition) is 4. The standard InChI is InChI=1S/C20H31N3O4/c1-3-4-7-23-14(2)17(20(26)22-8-10-27-11-9-22)12-15(19(23)25)13-18(24)21-16-5-6-16/h15-16H,3-13H2,1-2H3,(H,21,24). The van der Waals surface area contributed by atoms with Gasteiger partial charge in [-0.15, -0.1) is 0 Å². The molecule has 1 aliphatic carbocycles. The van der Waals surface area contributed by atoms with Crippen molar-refractivity contribution < 1.29 is 19.1 Å². The van der Waals surface area contributed by atoms with Gasteiger partial charge < -0.3 is 19.9 Å². The molecular formula is C20H31N3O4. The zero-order valence-electron chi connectivity index (χ0n) is 16.5. The summed E-state index contributed by atoms with van der Waals surface area (Å²) in [6.07, 6.45) is 4.39. The predicted octanol–water partition coefficient (Wildman–Crippen LogP) is 1.44. The molecule has 7 heteroatoms. The molecule has 0 aromatic carbocycles. The number of carbonyl (C=O) groups excluding carboxylic acids is 3. The summed E-state index contributed by atoms with van der Waals surface area (Å²) >= 11 is 0. The second-order valence-electron chi connectivity index (χ2n) is 7.76. The molecule has 2 heterocycles. The molecule has 3 aliphatic rings. The summed E-state index contributed by atoms with van der Waals surface area (Å²) in [6.45, 7) is 6.78. The lowest BCUT2D eigenvalue weighted by Gasteiger charge is -2.37. The molecule has 1 saturated carbocycles. The second-order valence-corrected chi connectivity index (χ2v) is 7.76. The second kappa shape index (κ2) is 8.87. The molecule has 2 aliphatic heterocycles. The number of amides is 3. The summed E-state index contributed by atoms with van der Waals surface area (Å²) in [6, 6.07) is 0.277. The third kappa shape index (κ3) is 4.89. The molecular weight excluding hydrogens is 346 g/mol. The van der Waals surface area contributed by atoms with Crippen molar-refractivity contribution in [3.05, 3.63) is 11.3 Å². The highest BCUT2D eigenvalue weighted by atomic mass is 16.5. The van der Waals surface area contributed by atoms with Crippen molar-refractivity contribution in [1.82, 2.24) is 15.1 Å². The maximum absolute atomic E-state index is 13.1. The van der Waals surface area contributed by atoms with Gasteiger partial charge in [0.15, 0.2) is 0 Å². The number of ether oxygens (including phenoxy) is 1. The molecule has 1 N–H and O–H groups in total. The Morgan fingerprint density at radius 1 is 1.22 bits per heavy atom. The summed E-state index contributed by atoms with van der Waals surface area (Å²) in [5.74, 6) is -0.573. The van der Waals surface area contributed by atoms with Crippen molar-refractivity contribution in [2.45, 2.75) is 58.4 Å². The Kier molecular flexibility index (Phi) is 6.52. The van der Waals surface area contributed by atoms with Crippen LogP contribution in [0.2, 0.25) is 0 Å². The molecule has 0 aromatic rings. The van der Waals surface area contributed by atoms with Crippen LogP contribution < -0.4 is 5.32 Å². The summed E-state index contributed by atoms with van der Waals surface area (Å²) in [5.41, 5.74) is 1.43. The minimum Gasteiger partial charge on any atom is -0.378 e. The van der Waals surface area contributed by atoms with Crippen LogP contribution in [0, 0.1) is 5.92 Å². The Morgan fingerprint density at radius 3 is 2.56 bits per heavy atom. The molecule has 150 valence electrons. The fraction of sp³-hybridized carbons (Fsp3) is 0.750. The molecule has 0 bridgehead atoms. The summed E-state index contributed by atoms with van der Waals surface area (Å²) < 4.78 is 5.34. The van der Waals surface area contributed by atoms with Gasteiger partial charge in [0.2, 0.25) is 11.8 Å². The van der Waals surface area contributed by atoms with Crippen LogP contribution >= 0.6 is 0 Å². The maximum atomic E-state index is 13.1. The molecule has 2 fully saturated rings. The molecule has 1 unspecified atom stereocenters. The zero-order chi connectivity index (χ0) is 19.4. The monoisotopic (exact) mass is 377 g/mol. The van der Waals surface area contributed by atoms with Gasteiger partial charge in [-0.25, -0.2) is 0 Å². The fourth-order valence-electron chi connectivity index (χ4n) is 3.72. The van der Waals surface area contributed by atoms with Crippen molar-refractivity contribution in [2.75, 3.05) is 32.8 Å².